The minimum Gasteiger partial charge on any atom is -0.298 e. The van der Waals surface area contributed by atoms with Gasteiger partial charge in [-0.15, -0.1) is 0 Å². The maximum Gasteiger partial charge on any atom is 0.434 e. The molecule has 2 heterocycles. The number of carbonyl (C=O) groups excluding carboxylic acids is 3. The number of aryl methyl sites for hydroxylation is 1. The standard InChI is InChI=1S/C20H18F4N2O3/c1-2-3-5-13-12(21)9-10-8-11(18(20(22,23)24)26-19(10)25-13)17(29)16-14(27)6-4-7-15(16)28/h8-9,16H,2-7H2,1H3. The molecular formula is C20H18F4N2O3. The third kappa shape index (κ3) is 4.18. The molecule has 2 aromatic rings. The molecule has 1 aliphatic rings. The van der Waals surface area contributed by atoms with Crippen molar-refractivity contribution in [1.29, 1.82) is 0 Å². The largest absolute Gasteiger partial charge is 0.434 e. The Morgan fingerprint density at radius 3 is 2.38 bits per heavy atom. The van der Waals surface area contributed by atoms with Crippen LogP contribution in [0, 0.1) is 11.7 Å². The van der Waals surface area contributed by atoms with Gasteiger partial charge in [-0.25, -0.2) is 14.4 Å². The van der Waals surface area contributed by atoms with Gasteiger partial charge in [-0.05, 0) is 31.4 Å². The van der Waals surface area contributed by atoms with Gasteiger partial charge in [0.2, 0.25) is 0 Å². The Bertz CT molecular complexity index is 985. The number of nitrogens with zero attached hydrogens (tertiary/aromatic N) is 2. The lowest BCUT2D eigenvalue weighted by molar-refractivity contribution is -0.142. The van der Waals surface area contributed by atoms with E-state index in [1.165, 1.54) is 0 Å². The number of fused-ring (bicyclic) bond motifs is 1. The lowest BCUT2D eigenvalue weighted by Gasteiger charge is -2.20. The molecule has 0 radical (unpaired) electrons. The fourth-order valence-corrected chi connectivity index (χ4v) is 3.39. The highest BCUT2D eigenvalue weighted by atomic mass is 19.4. The predicted octanol–water partition coefficient (Wildman–Crippen LogP) is 4.25. The van der Waals surface area contributed by atoms with Crippen molar-refractivity contribution in [2.45, 2.75) is 51.6 Å². The average molecular weight is 410 g/mol. The molecule has 1 aliphatic carbocycles. The third-order valence-corrected chi connectivity index (χ3v) is 4.88. The fourth-order valence-electron chi connectivity index (χ4n) is 3.39. The van der Waals surface area contributed by atoms with Gasteiger partial charge in [-0.2, -0.15) is 13.2 Å². The van der Waals surface area contributed by atoms with E-state index < -0.39 is 46.5 Å². The van der Waals surface area contributed by atoms with E-state index in [-0.39, 0.29) is 42.4 Å². The zero-order chi connectivity index (χ0) is 21.3. The Kier molecular flexibility index (Phi) is 5.77. The van der Waals surface area contributed by atoms with E-state index >= 15 is 0 Å². The molecular weight excluding hydrogens is 392 g/mol. The van der Waals surface area contributed by atoms with Crippen LogP contribution in [0.3, 0.4) is 0 Å². The Hall–Kier alpha value is -2.71. The second-order valence-corrected chi connectivity index (χ2v) is 7.03. The number of unbranched alkanes of at least 4 members (excludes halogenated alkanes) is 1. The molecule has 0 amide bonds. The van der Waals surface area contributed by atoms with E-state index in [1.54, 1.807) is 0 Å². The van der Waals surface area contributed by atoms with Crippen molar-refractivity contribution in [3.05, 3.63) is 34.9 Å². The highest BCUT2D eigenvalue weighted by molar-refractivity contribution is 6.25. The van der Waals surface area contributed by atoms with Crippen molar-refractivity contribution < 1.29 is 31.9 Å². The molecule has 0 N–H and O–H groups in total. The topological polar surface area (TPSA) is 77.0 Å². The fraction of sp³-hybridized carbons (Fsp3) is 0.450. The Morgan fingerprint density at radius 1 is 1.14 bits per heavy atom. The average Bonchev–Trinajstić information content (AvgIpc) is 2.64. The number of rotatable bonds is 5. The Balaban J connectivity index is 2.16. The molecule has 5 nitrogen and oxygen atoms in total. The first-order chi connectivity index (χ1) is 13.6. The van der Waals surface area contributed by atoms with Crippen molar-refractivity contribution in [3.8, 4) is 0 Å². The number of halogens is 4. The van der Waals surface area contributed by atoms with Gasteiger partial charge < -0.3 is 0 Å². The van der Waals surface area contributed by atoms with Gasteiger partial charge in [-0.3, -0.25) is 14.4 Å². The van der Waals surface area contributed by atoms with Crippen LogP contribution >= 0.6 is 0 Å². The van der Waals surface area contributed by atoms with Gasteiger partial charge in [0.1, 0.15) is 11.7 Å². The van der Waals surface area contributed by atoms with Crippen LogP contribution in [0.25, 0.3) is 11.0 Å². The Labute approximate surface area is 163 Å². The minimum absolute atomic E-state index is 0.00307. The van der Waals surface area contributed by atoms with Gasteiger partial charge in [0.05, 0.1) is 11.3 Å². The van der Waals surface area contributed by atoms with Crippen LogP contribution < -0.4 is 0 Å². The van der Waals surface area contributed by atoms with Gasteiger partial charge in [0, 0.05) is 18.2 Å². The van der Waals surface area contributed by atoms with E-state index in [0.717, 1.165) is 18.6 Å². The van der Waals surface area contributed by atoms with E-state index in [4.69, 9.17) is 0 Å². The van der Waals surface area contributed by atoms with Crippen LogP contribution in [0.1, 0.15) is 60.8 Å². The summed E-state index contributed by atoms with van der Waals surface area (Å²) in [6.45, 7) is 1.88. The number of alkyl halides is 3. The maximum absolute atomic E-state index is 14.3. The molecule has 0 spiro atoms. The van der Waals surface area contributed by atoms with Crippen molar-refractivity contribution in [2.24, 2.45) is 5.92 Å². The van der Waals surface area contributed by atoms with Crippen molar-refractivity contribution in [2.75, 3.05) is 0 Å². The van der Waals surface area contributed by atoms with Gasteiger partial charge >= 0.3 is 6.18 Å². The highest BCUT2D eigenvalue weighted by Gasteiger charge is 2.43. The van der Waals surface area contributed by atoms with Crippen LogP contribution in [-0.2, 0) is 22.2 Å². The maximum atomic E-state index is 14.3. The molecule has 0 unspecified atom stereocenters. The smallest absolute Gasteiger partial charge is 0.298 e. The quantitative estimate of drug-likeness (QED) is 0.418. The van der Waals surface area contributed by atoms with Crippen molar-refractivity contribution >= 4 is 28.4 Å². The lowest BCUT2D eigenvalue weighted by Crippen LogP contribution is -2.36. The van der Waals surface area contributed by atoms with Crippen LogP contribution in [0.4, 0.5) is 17.6 Å². The first kappa shape index (κ1) is 21.0. The first-order valence-corrected chi connectivity index (χ1v) is 9.30. The zero-order valence-electron chi connectivity index (χ0n) is 15.6. The summed E-state index contributed by atoms with van der Waals surface area (Å²) < 4.78 is 55.1. The second kappa shape index (κ2) is 7.96. The monoisotopic (exact) mass is 410 g/mol. The normalized spacial score (nSPS) is 15.9. The summed E-state index contributed by atoms with van der Waals surface area (Å²) in [5, 5.41) is -0.102. The number of pyridine rings is 2. The summed E-state index contributed by atoms with van der Waals surface area (Å²) in [6.07, 6.45) is -3.27. The van der Waals surface area contributed by atoms with E-state index in [0.29, 0.717) is 6.42 Å². The second-order valence-electron chi connectivity index (χ2n) is 7.03. The Morgan fingerprint density at radius 2 is 1.79 bits per heavy atom. The van der Waals surface area contributed by atoms with Crippen LogP contribution in [0.15, 0.2) is 12.1 Å². The lowest BCUT2D eigenvalue weighted by atomic mass is 9.81. The molecule has 0 aromatic carbocycles. The predicted molar refractivity (Wildman–Crippen MR) is 94.8 cm³/mol. The number of carbonyl (C=O) groups is 3. The van der Waals surface area contributed by atoms with E-state index in [9.17, 15) is 31.9 Å². The molecule has 1 saturated carbocycles. The number of hydrogen-bond acceptors (Lipinski definition) is 5. The molecule has 0 aliphatic heterocycles. The summed E-state index contributed by atoms with van der Waals surface area (Å²) in [7, 11) is 0. The van der Waals surface area contributed by atoms with Gasteiger partial charge in [0.15, 0.2) is 28.7 Å². The molecule has 29 heavy (non-hydrogen) atoms. The first-order valence-electron chi connectivity index (χ1n) is 9.30. The van der Waals surface area contributed by atoms with Crippen LogP contribution in [0.2, 0.25) is 0 Å². The number of Topliss-reactive ketones (excluding diaryl/α,β-unsaturated/α-hetero) is 3. The molecule has 1 fully saturated rings. The van der Waals surface area contributed by atoms with E-state index in [1.807, 2.05) is 6.92 Å². The van der Waals surface area contributed by atoms with Crippen molar-refractivity contribution in [3.63, 3.8) is 0 Å². The minimum atomic E-state index is -5.01. The van der Waals surface area contributed by atoms with Crippen LogP contribution in [0.5, 0.6) is 0 Å². The molecule has 3 rings (SSSR count). The summed E-state index contributed by atoms with van der Waals surface area (Å²) in [5.74, 6) is -5.16. The zero-order valence-corrected chi connectivity index (χ0v) is 15.6. The molecule has 2 aromatic heterocycles. The molecule has 0 bridgehead atoms. The highest BCUT2D eigenvalue weighted by Crippen LogP contribution is 2.34. The van der Waals surface area contributed by atoms with Crippen molar-refractivity contribution in [1.82, 2.24) is 9.97 Å². The summed E-state index contributed by atoms with van der Waals surface area (Å²) in [4.78, 5) is 44.2. The SMILES string of the molecule is CCCCc1nc2nc(C(F)(F)F)c(C(=O)C3C(=O)CCCC3=O)cc2cc1F. The summed E-state index contributed by atoms with van der Waals surface area (Å²) >= 11 is 0. The van der Waals surface area contributed by atoms with Gasteiger partial charge in [-0.1, -0.05) is 13.3 Å². The van der Waals surface area contributed by atoms with Gasteiger partial charge in [0.25, 0.3) is 0 Å². The van der Waals surface area contributed by atoms with Crippen LogP contribution in [-0.4, -0.2) is 27.3 Å². The third-order valence-electron chi connectivity index (χ3n) is 4.88. The number of aromatic nitrogens is 2. The summed E-state index contributed by atoms with van der Waals surface area (Å²) in [6, 6.07) is 1.80. The number of ketones is 3. The molecule has 9 heteroatoms. The summed E-state index contributed by atoms with van der Waals surface area (Å²) in [5.41, 5.74) is -2.79. The molecule has 0 saturated heterocycles. The number of hydrogen-bond donors (Lipinski definition) is 0. The van der Waals surface area contributed by atoms with E-state index in [2.05, 4.69) is 9.97 Å². The molecule has 0 atom stereocenters. The molecule has 154 valence electrons.